The maximum atomic E-state index is 9.55. The molecule has 0 saturated carbocycles. The van der Waals surface area contributed by atoms with E-state index in [0.29, 0.717) is 6.61 Å². The summed E-state index contributed by atoms with van der Waals surface area (Å²) in [5, 5.41) is 11.7. The average molecular weight is 255 g/mol. The van der Waals surface area contributed by atoms with Crippen LogP contribution in [0.25, 0.3) is 0 Å². The van der Waals surface area contributed by atoms with E-state index >= 15 is 0 Å². The van der Waals surface area contributed by atoms with Crippen LogP contribution in [0.15, 0.2) is 17.5 Å². The molecule has 1 N–H and O–H groups in total. The number of rotatable bonds is 8. The number of hydrogen-bond acceptors (Lipinski definition) is 3. The molecule has 98 valence electrons. The van der Waals surface area contributed by atoms with Gasteiger partial charge in [0.15, 0.2) is 0 Å². The first kappa shape index (κ1) is 14.7. The minimum absolute atomic E-state index is 0.0875. The van der Waals surface area contributed by atoms with Crippen LogP contribution in [-0.4, -0.2) is 36.8 Å². The van der Waals surface area contributed by atoms with Crippen LogP contribution >= 0.6 is 11.3 Å². The largest absolute Gasteiger partial charge is 0.396 e. The van der Waals surface area contributed by atoms with Crippen molar-refractivity contribution in [1.82, 2.24) is 4.90 Å². The summed E-state index contributed by atoms with van der Waals surface area (Å²) in [4.78, 5) is 3.79. The zero-order chi connectivity index (χ0) is 12.7. The van der Waals surface area contributed by atoms with Crippen molar-refractivity contribution in [3.05, 3.63) is 22.4 Å². The Morgan fingerprint density at radius 2 is 2.06 bits per heavy atom. The molecule has 0 spiro atoms. The molecule has 2 nitrogen and oxygen atoms in total. The zero-order valence-corrected chi connectivity index (χ0v) is 12.1. The molecule has 1 heterocycles. The lowest BCUT2D eigenvalue weighted by Gasteiger charge is -2.34. The Morgan fingerprint density at radius 3 is 2.53 bits per heavy atom. The normalized spacial score (nSPS) is 12.3. The molecule has 0 aliphatic carbocycles. The van der Waals surface area contributed by atoms with Crippen LogP contribution in [0.5, 0.6) is 0 Å². The average Bonchev–Trinajstić information content (AvgIpc) is 2.87. The second-order valence-corrected chi connectivity index (χ2v) is 5.96. The Kier molecular flexibility index (Phi) is 6.17. The van der Waals surface area contributed by atoms with Gasteiger partial charge in [-0.1, -0.05) is 19.9 Å². The molecule has 0 radical (unpaired) electrons. The summed E-state index contributed by atoms with van der Waals surface area (Å²) in [5.41, 5.74) is 0.0875. The molecule has 0 bridgehead atoms. The highest BCUT2D eigenvalue weighted by molar-refractivity contribution is 7.09. The summed E-state index contributed by atoms with van der Waals surface area (Å²) in [6.45, 7) is 6.70. The molecule has 0 aliphatic rings. The van der Waals surface area contributed by atoms with Crippen molar-refractivity contribution < 1.29 is 5.11 Å². The van der Waals surface area contributed by atoms with Crippen molar-refractivity contribution >= 4 is 11.3 Å². The third kappa shape index (κ3) is 4.41. The molecule has 1 rings (SSSR count). The van der Waals surface area contributed by atoms with Crippen molar-refractivity contribution in [2.24, 2.45) is 5.41 Å². The van der Waals surface area contributed by atoms with Gasteiger partial charge in [0.2, 0.25) is 0 Å². The summed E-state index contributed by atoms with van der Waals surface area (Å²) >= 11 is 1.82. The number of aliphatic hydroxyl groups excluding tert-OH is 1. The van der Waals surface area contributed by atoms with Crippen LogP contribution in [0.4, 0.5) is 0 Å². The molecule has 0 aliphatic heterocycles. The van der Waals surface area contributed by atoms with E-state index in [2.05, 4.69) is 43.3 Å². The lowest BCUT2D eigenvalue weighted by Crippen LogP contribution is -2.38. The molecule has 1 aromatic rings. The fourth-order valence-electron chi connectivity index (χ4n) is 2.15. The van der Waals surface area contributed by atoms with Crippen LogP contribution in [0, 0.1) is 5.41 Å². The van der Waals surface area contributed by atoms with Gasteiger partial charge in [-0.25, -0.2) is 0 Å². The summed E-state index contributed by atoms with van der Waals surface area (Å²) in [5.74, 6) is 0. The van der Waals surface area contributed by atoms with E-state index in [1.807, 2.05) is 11.3 Å². The van der Waals surface area contributed by atoms with Gasteiger partial charge in [-0.2, -0.15) is 0 Å². The molecule has 0 amide bonds. The fraction of sp³-hybridized carbons (Fsp3) is 0.714. The maximum Gasteiger partial charge on any atom is 0.0499 e. The summed E-state index contributed by atoms with van der Waals surface area (Å²) in [7, 11) is 2.16. The predicted molar refractivity (Wildman–Crippen MR) is 75.6 cm³/mol. The first-order chi connectivity index (χ1) is 8.15. The van der Waals surface area contributed by atoms with Crippen LogP contribution in [-0.2, 0) is 6.42 Å². The molecular formula is C14H25NOS. The van der Waals surface area contributed by atoms with E-state index in [9.17, 15) is 5.11 Å². The third-order valence-electron chi connectivity index (χ3n) is 3.76. The SMILES string of the molecule is CCC(CC)(CO)CN(C)CCc1cccs1. The van der Waals surface area contributed by atoms with E-state index in [4.69, 9.17) is 0 Å². The molecule has 0 unspecified atom stereocenters. The van der Waals surface area contributed by atoms with E-state index in [-0.39, 0.29) is 5.41 Å². The van der Waals surface area contributed by atoms with Gasteiger partial charge in [0.1, 0.15) is 0 Å². The topological polar surface area (TPSA) is 23.5 Å². The Bertz CT molecular complexity index is 285. The molecule has 3 heteroatoms. The summed E-state index contributed by atoms with van der Waals surface area (Å²) in [6.07, 6.45) is 3.20. The molecule has 0 fully saturated rings. The molecule has 0 aromatic carbocycles. The van der Waals surface area contributed by atoms with E-state index in [0.717, 1.165) is 32.4 Å². The highest BCUT2D eigenvalue weighted by atomic mass is 32.1. The lowest BCUT2D eigenvalue weighted by molar-refractivity contribution is 0.0760. The predicted octanol–water partition coefficient (Wildman–Crippen LogP) is 3.02. The second kappa shape index (κ2) is 7.14. The number of nitrogens with zero attached hydrogens (tertiary/aromatic N) is 1. The highest BCUT2D eigenvalue weighted by Gasteiger charge is 2.26. The molecular weight excluding hydrogens is 230 g/mol. The minimum Gasteiger partial charge on any atom is -0.396 e. The molecule has 0 atom stereocenters. The second-order valence-electron chi connectivity index (χ2n) is 4.93. The summed E-state index contributed by atoms with van der Waals surface area (Å²) < 4.78 is 0. The summed E-state index contributed by atoms with van der Waals surface area (Å²) in [6, 6.07) is 4.30. The van der Waals surface area contributed by atoms with Crippen molar-refractivity contribution in [2.45, 2.75) is 33.1 Å². The van der Waals surface area contributed by atoms with Crippen LogP contribution in [0.1, 0.15) is 31.6 Å². The van der Waals surface area contributed by atoms with Crippen molar-refractivity contribution in [1.29, 1.82) is 0 Å². The number of likely N-dealkylation sites (N-methyl/N-ethyl adjacent to an activating group) is 1. The van der Waals surface area contributed by atoms with Crippen molar-refractivity contribution in [2.75, 3.05) is 26.7 Å². The number of hydrogen-bond donors (Lipinski definition) is 1. The Morgan fingerprint density at radius 1 is 1.35 bits per heavy atom. The van der Waals surface area contributed by atoms with Crippen molar-refractivity contribution in [3.63, 3.8) is 0 Å². The molecule has 0 saturated heterocycles. The number of thiophene rings is 1. The number of aliphatic hydroxyl groups is 1. The van der Waals surface area contributed by atoms with Crippen LogP contribution in [0.2, 0.25) is 0 Å². The Labute approximate surface area is 109 Å². The third-order valence-corrected chi connectivity index (χ3v) is 4.70. The fourth-order valence-corrected chi connectivity index (χ4v) is 2.85. The first-order valence-corrected chi connectivity index (χ1v) is 7.35. The smallest absolute Gasteiger partial charge is 0.0499 e. The zero-order valence-electron chi connectivity index (χ0n) is 11.3. The Hall–Kier alpha value is -0.380. The van der Waals surface area contributed by atoms with Gasteiger partial charge in [0.25, 0.3) is 0 Å². The van der Waals surface area contributed by atoms with E-state index < -0.39 is 0 Å². The highest BCUT2D eigenvalue weighted by Crippen LogP contribution is 2.26. The lowest BCUT2D eigenvalue weighted by atomic mass is 9.83. The van der Waals surface area contributed by atoms with Gasteiger partial charge in [0, 0.05) is 30.0 Å². The van der Waals surface area contributed by atoms with Gasteiger partial charge in [-0.15, -0.1) is 11.3 Å². The monoisotopic (exact) mass is 255 g/mol. The van der Waals surface area contributed by atoms with Crippen molar-refractivity contribution in [3.8, 4) is 0 Å². The van der Waals surface area contributed by atoms with Crippen LogP contribution < -0.4 is 0 Å². The van der Waals surface area contributed by atoms with Gasteiger partial charge >= 0.3 is 0 Å². The standard InChI is InChI=1S/C14H25NOS/c1-4-14(5-2,12-16)11-15(3)9-8-13-7-6-10-17-13/h6-7,10,16H,4-5,8-9,11-12H2,1-3H3. The van der Waals surface area contributed by atoms with Crippen LogP contribution in [0.3, 0.4) is 0 Å². The van der Waals surface area contributed by atoms with E-state index in [1.165, 1.54) is 4.88 Å². The van der Waals surface area contributed by atoms with E-state index in [1.54, 1.807) is 0 Å². The quantitative estimate of drug-likeness (QED) is 0.772. The van der Waals surface area contributed by atoms with Gasteiger partial charge < -0.3 is 10.0 Å². The van der Waals surface area contributed by atoms with Gasteiger partial charge in [-0.3, -0.25) is 0 Å². The maximum absolute atomic E-state index is 9.55. The Balaban J connectivity index is 2.39. The van der Waals surface area contributed by atoms with Gasteiger partial charge in [-0.05, 0) is 37.8 Å². The molecule has 1 aromatic heterocycles. The molecule has 17 heavy (non-hydrogen) atoms. The van der Waals surface area contributed by atoms with Gasteiger partial charge in [0.05, 0.1) is 0 Å². The minimum atomic E-state index is 0.0875. The first-order valence-electron chi connectivity index (χ1n) is 6.47.